The van der Waals surface area contributed by atoms with Crippen LogP contribution in [0.15, 0.2) is 18.2 Å². The predicted octanol–water partition coefficient (Wildman–Crippen LogP) is 2.93. The number of alkyl halides is 3. The molecule has 0 bridgehead atoms. The van der Waals surface area contributed by atoms with E-state index in [9.17, 15) is 18.0 Å². The van der Waals surface area contributed by atoms with Crippen molar-refractivity contribution in [3.63, 3.8) is 0 Å². The molecule has 0 atom stereocenters. The van der Waals surface area contributed by atoms with E-state index in [-0.39, 0.29) is 17.9 Å². The van der Waals surface area contributed by atoms with E-state index < -0.39 is 11.7 Å². The first-order valence-corrected chi connectivity index (χ1v) is 5.27. The Kier molecular flexibility index (Phi) is 5.15. The van der Waals surface area contributed by atoms with E-state index >= 15 is 0 Å². The van der Waals surface area contributed by atoms with Gasteiger partial charge in [-0.15, -0.1) is 0 Å². The Morgan fingerprint density at radius 3 is 2.56 bits per heavy atom. The second-order valence-corrected chi connectivity index (χ2v) is 3.57. The monoisotopic (exact) mass is 262 g/mol. The molecular weight excluding hydrogens is 249 g/mol. The summed E-state index contributed by atoms with van der Waals surface area (Å²) < 4.78 is 48.0. The first kappa shape index (κ1) is 14.5. The van der Waals surface area contributed by atoms with Gasteiger partial charge in [0.15, 0.2) is 0 Å². The van der Waals surface area contributed by atoms with Crippen molar-refractivity contribution in [3.8, 4) is 5.75 Å². The van der Waals surface area contributed by atoms with Gasteiger partial charge in [0.05, 0.1) is 12.2 Å². The summed E-state index contributed by atoms with van der Waals surface area (Å²) in [5.41, 5.74) is -0.976. The molecule has 0 aliphatic carbocycles. The van der Waals surface area contributed by atoms with Crippen LogP contribution < -0.4 is 4.74 Å². The third-order valence-electron chi connectivity index (χ3n) is 2.20. The molecule has 0 aliphatic rings. The van der Waals surface area contributed by atoms with Gasteiger partial charge in [0, 0.05) is 25.7 Å². The van der Waals surface area contributed by atoms with Crippen molar-refractivity contribution in [1.29, 1.82) is 0 Å². The molecule has 0 amide bonds. The zero-order valence-electron chi connectivity index (χ0n) is 9.79. The van der Waals surface area contributed by atoms with Crippen molar-refractivity contribution < 1.29 is 27.4 Å². The molecule has 3 nitrogen and oxygen atoms in total. The fraction of sp³-hybridized carbons (Fsp3) is 0.417. The molecule has 1 aromatic carbocycles. The van der Waals surface area contributed by atoms with E-state index in [4.69, 9.17) is 9.47 Å². The van der Waals surface area contributed by atoms with E-state index in [1.54, 1.807) is 0 Å². The number of rotatable bonds is 6. The quantitative estimate of drug-likeness (QED) is 0.584. The lowest BCUT2D eigenvalue weighted by Crippen LogP contribution is -2.10. The van der Waals surface area contributed by atoms with Crippen LogP contribution in [0.4, 0.5) is 13.2 Å². The molecule has 0 fully saturated rings. The highest BCUT2D eigenvalue weighted by molar-refractivity contribution is 5.75. The lowest BCUT2D eigenvalue weighted by atomic mass is 10.1. The van der Waals surface area contributed by atoms with Crippen LogP contribution in [0, 0.1) is 0 Å². The van der Waals surface area contributed by atoms with Crippen molar-refractivity contribution in [3.05, 3.63) is 29.3 Å². The summed E-state index contributed by atoms with van der Waals surface area (Å²) >= 11 is 0. The Bertz CT molecular complexity index is 402. The molecule has 0 aromatic heterocycles. The van der Waals surface area contributed by atoms with Crippen molar-refractivity contribution in [2.75, 3.05) is 20.3 Å². The molecule has 0 saturated carbocycles. The highest BCUT2D eigenvalue weighted by Gasteiger charge is 2.34. The van der Waals surface area contributed by atoms with Gasteiger partial charge >= 0.3 is 6.18 Å². The van der Waals surface area contributed by atoms with Gasteiger partial charge < -0.3 is 9.47 Å². The van der Waals surface area contributed by atoms with E-state index in [2.05, 4.69) is 0 Å². The Morgan fingerprint density at radius 2 is 2.00 bits per heavy atom. The van der Waals surface area contributed by atoms with Crippen LogP contribution in [0.25, 0.3) is 0 Å². The van der Waals surface area contributed by atoms with E-state index in [0.717, 1.165) is 12.1 Å². The third kappa shape index (κ3) is 4.03. The fourth-order valence-electron chi connectivity index (χ4n) is 1.35. The summed E-state index contributed by atoms with van der Waals surface area (Å²) in [6.07, 6.45) is -3.69. The second-order valence-electron chi connectivity index (χ2n) is 3.57. The molecule has 0 spiro atoms. The van der Waals surface area contributed by atoms with Crippen LogP contribution in [0.3, 0.4) is 0 Å². The molecule has 0 N–H and O–H groups in total. The molecule has 0 saturated heterocycles. The average Bonchev–Trinajstić information content (AvgIpc) is 2.33. The standard InChI is InChI=1S/C12H13F3O3/c1-17-5-2-6-18-11-4-3-9(8-16)7-10(11)12(13,14)15/h3-4,7-8H,2,5-6H2,1H3. The van der Waals surface area contributed by atoms with E-state index in [0.29, 0.717) is 19.3 Å². The second kappa shape index (κ2) is 6.39. The lowest BCUT2D eigenvalue weighted by molar-refractivity contribution is -0.139. The molecule has 0 unspecified atom stereocenters. The highest BCUT2D eigenvalue weighted by atomic mass is 19.4. The van der Waals surface area contributed by atoms with Gasteiger partial charge in [-0.3, -0.25) is 4.79 Å². The number of methoxy groups -OCH3 is 1. The average molecular weight is 262 g/mol. The van der Waals surface area contributed by atoms with Crippen LogP contribution in [0.1, 0.15) is 22.3 Å². The van der Waals surface area contributed by atoms with Gasteiger partial charge in [-0.05, 0) is 18.2 Å². The number of benzene rings is 1. The van der Waals surface area contributed by atoms with Gasteiger partial charge in [-0.25, -0.2) is 0 Å². The molecule has 0 heterocycles. The Morgan fingerprint density at radius 1 is 1.28 bits per heavy atom. The molecule has 100 valence electrons. The SMILES string of the molecule is COCCCOc1ccc(C=O)cc1C(F)(F)F. The van der Waals surface area contributed by atoms with Crippen molar-refractivity contribution in [1.82, 2.24) is 0 Å². The van der Waals surface area contributed by atoms with E-state index in [1.807, 2.05) is 0 Å². The maximum atomic E-state index is 12.7. The number of hydrogen-bond donors (Lipinski definition) is 0. The number of aldehydes is 1. The third-order valence-corrected chi connectivity index (χ3v) is 2.20. The minimum atomic E-state index is -4.55. The van der Waals surface area contributed by atoms with Gasteiger partial charge in [0.2, 0.25) is 0 Å². The summed E-state index contributed by atoms with van der Waals surface area (Å²) in [6.45, 7) is 0.533. The fourth-order valence-corrected chi connectivity index (χ4v) is 1.35. The molecule has 0 radical (unpaired) electrons. The van der Waals surface area contributed by atoms with Crippen LogP contribution >= 0.6 is 0 Å². The van der Waals surface area contributed by atoms with Crippen molar-refractivity contribution in [2.24, 2.45) is 0 Å². The van der Waals surface area contributed by atoms with Gasteiger partial charge in [0.1, 0.15) is 12.0 Å². The summed E-state index contributed by atoms with van der Waals surface area (Å²) in [6, 6.07) is 3.21. The topological polar surface area (TPSA) is 35.5 Å². The van der Waals surface area contributed by atoms with Crippen LogP contribution in [0.5, 0.6) is 5.75 Å². The van der Waals surface area contributed by atoms with Gasteiger partial charge in [-0.2, -0.15) is 13.2 Å². The minimum Gasteiger partial charge on any atom is -0.493 e. The van der Waals surface area contributed by atoms with Gasteiger partial charge in [0.25, 0.3) is 0 Å². The lowest BCUT2D eigenvalue weighted by Gasteiger charge is -2.14. The van der Waals surface area contributed by atoms with Crippen LogP contribution in [-0.2, 0) is 10.9 Å². The normalized spacial score (nSPS) is 11.3. The zero-order chi connectivity index (χ0) is 13.6. The predicted molar refractivity (Wildman–Crippen MR) is 58.8 cm³/mol. The first-order valence-electron chi connectivity index (χ1n) is 5.27. The van der Waals surface area contributed by atoms with Crippen molar-refractivity contribution in [2.45, 2.75) is 12.6 Å². The van der Waals surface area contributed by atoms with Gasteiger partial charge in [-0.1, -0.05) is 0 Å². The molecule has 1 rings (SSSR count). The number of halogens is 3. The summed E-state index contributed by atoms with van der Waals surface area (Å²) in [7, 11) is 1.50. The van der Waals surface area contributed by atoms with Crippen LogP contribution in [0.2, 0.25) is 0 Å². The molecule has 0 aliphatic heterocycles. The highest BCUT2D eigenvalue weighted by Crippen LogP contribution is 2.36. The summed E-state index contributed by atoms with van der Waals surface area (Å²) in [4.78, 5) is 10.5. The zero-order valence-corrected chi connectivity index (χ0v) is 9.79. The van der Waals surface area contributed by atoms with Crippen LogP contribution in [-0.4, -0.2) is 26.6 Å². The summed E-state index contributed by atoms with van der Waals surface area (Å²) in [5, 5.41) is 0. The largest absolute Gasteiger partial charge is 0.493 e. The maximum Gasteiger partial charge on any atom is 0.419 e. The Balaban J connectivity index is 2.86. The summed E-state index contributed by atoms with van der Waals surface area (Å²) in [5.74, 6) is -0.274. The smallest absolute Gasteiger partial charge is 0.419 e. The number of carbonyl (C=O) groups is 1. The number of hydrogen-bond acceptors (Lipinski definition) is 3. The van der Waals surface area contributed by atoms with Crippen molar-refractivity contribution >= 4 is 6.29 Å². The Labute approximate surface area is 103 Å². The number of ether oxygens (including phenoxy) is 2. The molecule has 1 aromatic rings. The maximum absolute atomic E-state index is 12.7. The number of carbonyl (C=O) groups excluding carboxylic acids is 1. The van der Waals surface area contributed by atoms with E-state index in [1.165, 1.54) is 13.2 Å². The molecule has 18 heavy (non-hydrogen) atoms. The first-order chi connectivity index (χ1) is 8.49. The molecular formula is C12H13F3O3. The minimum absolute atomic E-state index is 0.0356. The molecule has 6 heteroatoms. The Hall–Kier alpha value is -1.56.